The number of piperazine rings is 1. The van der Waals surface area contributed by atoms with Crippen molar-refractivity contribution in [1.29, 1.82) is 0 Å². The Balaban J connectivity index is 1.45. The first-order valence-electron chi connectivity index (χ1n) is 7.60. The van der Waals surface area contributed by atoms with Gasteiger partial charge in [-0.05, 0) is 45.2 Å². The van der Waals surface area contributed by atoms with Crippen LogP contribution >= 0.6 is 0 Å². The van der Waals surface area contributed by atoms with Crippen molar-refractivity contribution >= 4 is 10.0 Å². The molecule has 1 saturated carbocycles. The lowest BCUT2D eigenvalue weighted by Crippen LogP contribution is -2.52. The molecule has 0 amide bonds. The zero-order valence-electron chi connectivity index (χ0n) is 11.6. The standard InChI is InChI=1S/C13H25N3O2S/c17-19(18,10-2-6-14-12-4-5-12)16-9-8-15-7-1-3-13(15)11-16/h12-14H,1-11H2. The van der Waals surface area contributed by atoms with Crippen LogP contribution in [0.1, 0.15) is 32.1 Å². The van der Waals surface area contributed by atoms with E-state index in [1.54, 1.807) is 4.31 Å². The zero-order valence-corrected chi connectivity index (χ0v) is 12.4. The minimum Gasteiger partial charge on any atom is -0.314 e. The van der Waals surface area contributed by atoms with Crippen molar-refractivity contribution in [2.75, 3.05) is 38.5 Å². The van der Waals surface area contributed by atoms with Gasteiger partial charge in [-0.3, -0.25) is 4.90 Å². The molecule has 3 rings (SSSR count). The molecule has 3 aliphatic rings. The number of hydrogen-bond acceptors (Lipinski definition) is 4. The van der Waals surface area contributed by atoms with Gasteiger partial charge in [0.2, 0.25) is 10.0 Å². The van der Waals surface area contributed by atoms with Gasteiger partial charge >= 0.3 is 0 Å². The molecule has 6 heteroatoms. The lowest BCUT2D eigenvalue weighted by Gasteiger charge is -2.36. The predicted molar refractivity (Wildman–Crippen MR) is 75.6 cm³/mol. The molecule has 1 aliphatic carbocycles. The van der Waals surface area contributed by atoms with Crippen molar-refractivity contribution in [1.82, 2.24) is 14.5 Å². The summed E-state index contributed by atoms with van der Waals surface area (Å²) < 4.78 is 26.4. The van der Waals surface area contributed by atoms with E-state index in [1.807, 2.05) is 0 Å². The highest BCUT2D eigenvalue weighted by molar-refractivity contribution is 7.89. The molecule has 5 nitrogen and oxygen atoms in total. The largest absolute Gasteiger partial charge is 0.314 e. The maximum absolute atomic E-state index is 12.3. The minimum absolute atomic E-state index is 0.305. The molecule has 2 aliphatic heterocycles. The molecule has 3 fully saturated rings. The summed E-state index contributed by atoms with van der Waals surface area (Å²) in [4.78, 5) is 2.45. The number of fused-ring (bicyclic) bond motifs is 1. The van der Waals surface area contributed by atoms with E-state index in [4.69, 9.17) is 0 Å². The van der Waals surface area contributed by atoms with Crippen LogP contribution in [0.3, 0.4) is 0 Å². The maximum atomic E-state index is 12.3. The van der Waals surface area contributed by atoms with E-state index < -0.39 is 10.0 Å². The summed E-state index contributed by atoms with van der Waals surface area (Å²) in [6, 6.07) is 1.15. The number of nitrogens with one attached hydrogen (secondary N) is 1. The summed E-state index contributed by atoms with van der Waals surface area (Å²) in [5.41, 5.74) is 0. The number of nitrogens with zero attached hydrogens (tertiary/aromatic N) is 2. The van der Waals surface area contributed by atoms with Gasteiger partial charge in [0, 0.05) is 31.7 Å². The van der Waals surface area contributed by atoms with Crippen LogP contribution < -0.4 is 5.32 Å². The van der Waals surface area contributed by atoms with Gasteiger partial charge in [0.25, 0.3) is 0 Å². The Morgan fingerprint density at radius 1 is 1.11 bits per heavy atom. The Bertz CT molecular complexity index is 408. The topological polar surface area (TPSA) is 52.7 Å². The van der Waals surface area contributed by atoms with E-state index in [0.717, 1.165) is 39.0 Å². The van der Waals surface area contributed by atoms with Crippen LogP contribution in [0.25, 0.3) is 0 Å². The van der Waals surface area contributed by atoms with Crippen molar-refractivity contribution in [3.05, 3.63) is 0 Å². The molecular weight excluding hydrogens is 262 g/mol. The van der Waals surface area contributed by atoms with Gasteiger partial charge in [-0.1, -0.05) is 0 Å². The fraction of sp³-hybridized carbons (Fsp3) is 1.00. The maximum Gasteiger partial charge on any atom is 0.214 e. The average molecular weight is 287 g/mol. The highest BCUT2D eigenvalue weighted by atomic mass is 32.2. The average Bonchev–Trinajstić information content (AvgIpc) is 3.09. The molecule has 0 bridgehead atoms. The van der Waals surface area contributed by atoms with E-state index in [-0.39, 0.29) is 0 Å². The van der Waals surface area contributed by atoms with Crippen LogP contribution in [0.5, 0.6) is 0 Å². The number of hydrogen-bond donors (Lipinski definition) is 1. The Hall–Kier alpha value is -0.170. The first-order valence-corrected chi connectivity index (χ1v) is 9.21. The summed E-state index contributed by atoms with van der Waals surface area (Å²) >= 11 is 0. The van der Waals surface area contributed by atoms with Crippen LogP contribution in [0.2, 0.25) is 0 Å². The second kappa shape index (κ2) is 5.68. The third-order valence-electron chi connectivity index (χ3n) is 4.53. The van der Waals surface area contributed by atoms with Gasteiger partial charge in [-0.25, -0.2) is 8.42 Å². The molecule has 19 heavy (non-hydrogen) atoms. The third-order valence-corrected chi connectivity index (χ3v) is 6.46. The van der Waals surface area contributed by atoms with Crippen LogP contribution in [-0.2, 0) is 10.0 Å². The van der Waals surface area contributed by atoms with Crippen LogP contribution in [0.15, 0.2) is 0 Å². The van der Waals surface area contributed by atoms with Crippen molar-refractivity contribution in [2.24, 2.45) is 0 Å². The second-order valence-corrected chi connectivity index (χ2v) is 8.18. The molecule has 0 aromatic carbocycles. The van der Waals surface area contributed by atoms with Crippen LogP contribution in [-0.4, -0.2) is 68.2 Å². The Kier molecular flexibility index (Phi) is 4.12. The number of rotatable bonds is 6. The number of sulfonamides is 1. The quantitative estimate of drug-likeness (QED) is 0.711. The van der Waals surface area contributed by atoms with E-state index in [9.17, 15) is 8.42 Å². The van der Waals surface area contributed by atoms with Gasteiger partial charge in [-0.2, -0.15) is 4.31 Å². The first-order chi connectivity index (χ1) is 9.15. The van der Waals surface area contributed by atoms with Crippen molar-refractivity contribution < 1.29 is 8.42 Å². The molecule has 0 aromatic heterocycles. The SMILES string of the molecule is O=S(=O)(CCCNC1CC1)N1CCN2CCCC2C1. The van der Waals surface area contributed by atoms with Crippen molar-refractivity contribution in [3.63, 3.8) is 0 Å². The Morgan fingerprint density at radius 3 is 2.74 bits per heavy atom. The molecule has 1 N–H and O–H groups in total. The smallest absolute Gasteiger partial charge is 0.214 e. The molecule has 2 heterocycles. The molecule has 110 valence electrons. The predicted octanol–water partition coefficient (Wildman–Crippen LogP) is 0.238. The Morgan fingerprint density at radius 2 is 1.95 bits per heavy atom. The normalized spacial score (nSPS) is 29.6. The summed E-state index contributed by atoms with van der Waals surface area (Å²) in [6.07, 6.45) is 5.65. The van der Waals surface area contributed by atoms with E-state index in [1.165, 1.54) is 19.3 Å². The lowest BCUT2D eigenvalue weighted by atomic mass is 10.2. The van der Waals surface area contributed by atoms with E-state index >= 15 is 0 Å². The first kappa shape index (κ1) is 13.8. The van der Waals surface area contributed by atoms with E-state index in [2.05, 4.69) is 10.2 Å². The van der Waals surface area contributed by atoms with Gasteiger partial charge in [0.1, 0.15) is 0 Å². The molecular formula is C13H25N3O2S. The van der Waals surface area contributed by atoms with Gasteiger partial charge < -0.3 is 5.32 Å². The molecule has 1 unspecified atom stereocenters. The van der Waals surface area contributed by atoms with Gasteiger partial charge in [0.15, 0.2) is 0 Å². The summed E-state index contributed by atoms with van der Waals surface area (Å²) in [5, 5.41) is 3.38. The van der Waals surface area contributed by atoms with Crippen molar-refractivity contribution in [2.45, 2.75) is 44.2 Å². The Labute approximate surface area is 116 Å². The molecule has 0 aromatic rings. The molecule has 0 radical (unpaired) electrons. The zero-order chi connectivity index (χ0) is 13.3. The third kappa shape index (κ3) is 3.48. The fourth-order valence-electron chi connectivity index (χ4n) is 3.19. The monoisotopic (exact) mass is 287 g/mol. The van der Waals surface area contributed by atoms with Gasteiger partial charge in [0.05, 0.1) is 5.75 Å². The highest BCUT2D eigenvalue weighted by Gasteiger charge is 2.35. The lowest BCUT2D eigenvalue weighted by molar-refractivity contribution is 0.158. The molecule has 0 spiro atoms. The van der Waals surface area contributed by atoms with Crippen molar-refractivity contribution in [3.8, 4) is 0 Å². The summed E-state index contributed by atoms with van der Waals surface area (Å²) in [6.45, 7) is 4.33. The van der Waals surface area contributed by atoms with Gasteiger partial charge in [-0.15, -0.1) is 0 Å². The summed E-state index contributed by atoms with van der Waals surface area (Å²) in [7, 11) is -3.03. The van der Waals surface area contributed by atoms with Crippen LogP contribution in [0, 0.1) is 0 Å². The van der Waals surface area contributed by atoms with Crippen LogP contribution in [0.4, 0.5) is 0 Å². The fourth-order valence-corrected chi connectivity index (χ4v) is 4.72. The minimum atomic E-state index is -3.03. The summed E-state index contributed by atoms with van der Waals surface area (Å²) in [5.74, 6) is 0.305. The van der Waals surface area contributed by atoms with E-state index in [0.29, 0.717) is 24.4 Å². The molecule has 1 atom stereocenters. The second-order valence-electron chi connectivity index (χ2n) is 6.09. The highest BCUT2D eigenvalue weighted by Crippen LogP contribution is 2.23. The molecule has 2 saturated heterocycles.